The highest BCUT2D eigenvalue weighted by molar-refractivity contribution is 6.42. The van der Waals surface area contributed by atoms with Crippen LogP contribution in [-0.4, -0.2) is 31.5 Å². The zero-order chi connectivity index (χ0) is 11.8. The molecule has 0 amide bonds. The fourth-order valence-electron chi connectivity index (χ4n) is 1.19. The van der Waals surface area contributed by atoms with Crippen LogP contribution in [-0.2, 0) is 11.3 Å². The molecule has 0 saturated carbocycles. The molecule has 0 fully saturated rings. The van der Waals surface area contributed by atoms with E-state index in [0.717, 1.165) is 18.7 Å². The van der Waals surface area contributed by atoms with Gasteiger partial charge in [-0.25, -0.2) is 0 Å². The second-order valence-corrected chi connectivity index (χ2v) is 4.08. The number of halogens is 3. The van der Waals surface area contributed by atoms with Crippen LogP contribution >= 0.6 is 23.2 Å². The lowest BCUT2D eigenvalue weighted by molar-refractivity contribution is -0.00000433. The molecule has 0 radical (unpaired) electrons. The zero-order valence-corrected chi connectivity index (χ0v) is 11.5. The SMILES string of the molecule is OCCOCCNCc1ccc(Cl)c(Cl)c1.[Cl-]. The number of benzene rings is 1. The lowest BCUT2D eigenvalue weighted by Gasteiger charge is -2.06. The summed E-state index contributed by atoms with van der Waals surface area (Å²) in [6, 6.07) is 5.55. The monoisotopic (exact) mass is 298 g/mol. The minimum atomic E-state index is 0. The highest BCUT2D eigenvalue weighted by atomic mass is 35.5. The van der Waals surface area contributed by atoms with Gasteiger partial charge in [0.05, 0.1) is 29.9 Å². The van der Waals surface area contributed by atoms with E-state index in [0.29, 0.717) is 23.3 Å². The fraction of sp³-hybridized carbons (Fsp3) is 0.455. The van der Waals surface area contributed by atoms with Gasteiger partial charge in [-0.2, -0.15) is 0 Å². The average Bonchev–Trinajstić information content (AvgIpc) is 2.28. The van der Waals surface area contributed by atoms with Crippen molar-refractivity contribution in [2.45, 2.75) is 6.54 Å². The van der Waals surface area contributed by atoms with Crippen LogP contribution in [0, 0.1) is 0 Å². The summed E-state index contributed by atoms with van der Waals surface area (Å²) in [4.78, 5) is 0. The van der Waals surface area contributed by atoms with Crippen molar-refractivity contribution in [3.63, 3.8) is 0 Å². The molecule has 0 spiro atoms. The van der Waals surface area contributed by atoms with Crippen LogP contribution < -0.4 is 17.7 Å². The van der Waals surface area contributed by atoms with E-state index in [-0.39, 0.29) is 19.0 Å². The quantitative estimate of drug-likeness (QED) is 0.641. The first-order chi connectivity index (χ1) is 7.74. The average molecular weight is 300 g/mol. The van der Waals surface area contributed by atoms with Crippen molar-refractivity contribution in [1.29, 1.82) is 0 Å². The van der Waals surface area contributed by atoms with Gasteiger partial charge < -0.3 is 27.6 Å². The van der Waals surface area contributed by atoms with E-state index in [1.165, 1.54) is 0 Å². The summed E-state index contributed by atoms with van der Waals surface area (Å²) >= 11 is 11.7. The van der Waals surface area contributed by atoms with Crippen molar-refractivity contribution in [3.8, 4) is 0 Å². The van der Waals surface area contributed by atoms with Gasteiger partial charge in [-0.3, -0.25) is 0 Å². The first-order valence-corrected chi connectivity index (χ1v) is 5.83. The van der Waals surface area contributed by atoms with Crippen LogP contribution in [0.5, 0.6) is 0 Å². The Kier molecular flexibility index (Phi) is 9.93. The molecule has 0 unspecified atom stereocenters. The Morgan fingerprint density at radius 3 is 2.59 bits per heavy atom. The summed E-state index contributed by atoms with van der Waals surface area (Å²) in [6.45, 7) is 2.49. The molecule has 3 nitrogen and oxygen atoms in total. The van der Waals surface area contributed by atoms with Crippen LogP contribution in [0.15, 0.2) is 18.2 Å². The number of hydrogen-bond donors (Lipinski definition) is 2. The normalized spacial score (nSPS) is 10.1. The Morgan fingerprint density at radius 1 is 1.18 bits per heavy atom. The molecule has 0 aliphatic rings. The van der Waals surface area contributed by atoms with E-state index in [1.54, 1.807) is 6.07 Å². The second-order valence-electron chi connectivity index (χ2n) is 3.26. The maximum atomic E-state index is 8.48. The maximum Gasteiger partial charge on any atom is 0.0698 e. The smallest absolute Gasteiger partial charge is 0.0698 e. The Hall–Kier alpha value is -0.0300. The van der Waals surface area contributed by atoms with Gasteiger partial charge in [0.15, 0.2) is 0 Å². The summed E-state index contributed by atoms with van der Waals surface area (Å²) < 4.78 is 5.10. The van der Waals surface area contributed by atoms with Crippen molar-refractivity contribution in [2.24, 2.45) is 0 Å². The molecule has 1 aromatic carbocycles. The van der Waals surface area contributed by atoms with Gasteiger partial charge in [0.1, 0.15) is 0 Å². The fourth-order valence-corrected chi connectivity index (χ4v) is 1.51. The number of nitrogens with one attached hydrogen (secondary N) is 1. The predicted octanol–water partition coefficient (Wildman–Crippen LogP) is -0.904. The molecule has 1 rings (SSSR count). The van der Waals surface area contributed by atoms with Crippen molar-refractivity contribution in [1.82, 2.24) is 5.32 Å². The Balaban J connectivity index is 0.00000256. The molecule has 0 aromatic heterocycles. The molecule has 2 N–H and O–H groups in total. The molecule has 0 heterocycles. The van der Waals surface area contributed by atoms with Gasteiger partial charge in [-0.15, -0.1) is 0 Å². The van der Waals surface area contributed by atoms with E-state index < -0.39 is 0 Å². The molecular formula is C11H15Cl3NO2-. The van der Waals surface area contributed by atoms with Gasteiger partial charge in [-0.05, 0) is 17.7 Å². The Morgan fingerprint density at radius 2 is 1.94 bits per heavy atom. The van der Waals surface area contributed by atoms with Crippen LogP contribution in [0.4, 0.5) is 0 Å². The lowest BCUT2D eigenvalue weighted by Crippen LogP contribution is -3.00. The highest BCUT2D eigenvalue weighted by Gasteiger charge is 1.98. The van der Waals surface area contributed by atoms with Gasteiger partial charge in [0, 0.05) is 13.1 Å². The molecule has 0 saturated heterocycles. The van der Waals surface area contributed by atoms with Crippen molar-refractivity contribution in [2.75, 3.05) is 26.4 Å². The van der Waals surface area contributed by atoms with Crippen LogP contribution in [0.1, 0.15) is 5.56 Å². The van der Waals surface area contributed by atoms with Gasteiger partial charge in [0.2, 0.25) is 0 Å². The summed E-state index contributed by atoms with van der Waals surface area (Å²) in [6.07, 6.45) is 0. The number of rotatable bonds is 7. The number of aliphatic hydroxyl groups is 1. The second kappa shape index (κ2) is 9.95. The van der Waals surface area contributed by atoms with Crippen LogP contribution in [0.3, 0.4) is 0 Å². The molecular weight excluding hydrogens is 284 g/mol. The molecule has 1 aromatic rings. The zero-order valence-electron chi connectivity index (χ0n) is 9.26. The molecule has 17 heavy (non-hydrogen) atoms. The summed E-state index contributed by atoms with van der Waals surface area (Å²) in [5.41, 5.74) is 1.08. The molecule has 6 heteroatoms. The summed E-state index contributed by atoms with van der Waals surface area (Å²) in [5, 5.41) is 12.8. The standard InChI is InChI=1S/C11H15Cl2NO2.ClH/c12-10-2-1-9(7-11(10)13)8-14-3-5-16-6-4-15;/h1-2,7,14-15H,3-6,8H2;1H/p-1. The van der Waals surface area contributed by atoms with Crippen molar-refractivity contribution < 1.29 is 22.3 Å². The number of hydrogen-bond acceptors (Lipinski definition) is 3. The molecule has 0 aliphatic heterocycles. The summed E-state index contributed by atoms with van der Waals surface area (Å²) in [7, 11) is 0. The van der Waals surface area contributed by atoms with Crippen LogP contribution in [0.25, 0.3) is 0 Å². The van der Waals surface area contributed by atoms with Gasteiger partial charge in [-0.1, -0.05) is 29.3 Å². The van der Waals surface area contributed by atoms with E-state index in [4.69, 9.17) is 33.0 Å². The predicted molar refractivity (Wildman–Crippen MR) is 66.1 cm³/mol. The van der Waals surface area contributed by atoms with Crippen molar-refractivity contribution >= 4 is 23.2 Å². The molecule has 98 valence electrons. The van der Waals surface area contributed by atoms with E-state index in [2.05, 4.69) is 5.32 Å². The lowest BCUT2D eigenvalue weighted by atomic mass is 10.2. The number of ether oxygens (including phenoxy) is 1. The minimum absolute atomic E-state index is 0. The van der Waals surface area contributed by atoms with E-state index >= 15 is 0 Å². The van der Waals surface area contributed by atoms with Gasteiger partial charge in [0.25, 0.3) is 0 Å². The van der Waals surface area contributed by atoms with Crippen molar-refractivity contribution in [3.05, 3.63) is 33.8 Å². The largest absolute Gasteiger partial charge is 1.00 e. The Bertz CT molecular complexity index is 324. The number of aliphatic hydroxyl groups excluding tert-OH is 1. The van der Waals surface area contributed by atoms with Crippen LogP contribution in [0.2, 0.25) is 10.0 Å². The molecule has 0 bridgehead atoms. The third kappa shape index (κ3) is 7.09. The van der Waals surface area contributed by atoms with E-state index in [1.807, 2.05) is 12.1 Å². The minimum Gasteiger partial charge on any atom is -1.00 e. The maximum absolute atomic E-state index is 8.48. The third-order valence-electron chi connectivity index (χ3n) is 1.97. The Labute approximate surface area is 117 Å². The molecule has 0 aliphatic carbocycles. The first kappa shape index (κ1) is 17.0. The van der Waals surface area contributed by atoms with Gasteiger partial charge >= 0.3 is 0 Å². The van der Waals surface area contributed by atoms with E-state index in [9.17, 15) is 0 Å². The first-order valence-electron chi connectivity index (χ1n) is 5.07. The third-order valence-corrected chi connectivity index (χ3v) is 2.71. The molecule has 0 atom stereocenters. The summed E-state index contributed by atoms with van der Waals surface area (Å²) in [5.74, 6) is 0. The highest BCUT2D eigenvalue weighted by Crippen LogP contribution is 2.22. The topological polar surface area (TPSA) is 41.5 Å².